The van der Waals surface area contributed by atoms with Crippen LogP contribution in [0, 0.1) is 5.82 Å². The van der Waals surface area contributed by atoms with Gasteiger partial charge in [0.15, 0.2) is 11.5 Å². The van der Waals surface area contributed by atoms with Crippen molar-refractivity contribution in [3.8, 4) is 17.2 Å². The predicted octanol–water partition coefficient (Wildman–Crippen LogP) is 3.52. The number of carboxylic acid groups (broad SMARTS) is 1. The van der Waals surface area contributed by atoms with E-state index in [1.165, 1.54) is 18.3 Å². The molecule has 1 amide bonds. The average molecular weight is 394 g/mol. The van der Waals surface area contributed by atoms with Crippen LogP contribution in [-0.2, 0) is 4.79 Å². The van der Waals surface area contributed by atoms with Crippen LogP contribution in [0.3, 0.4) is 0 Å². The number of benzene rings is 2. The molecule has 2 aliphatic rings. The fourth-order valence-electron chi connectivity index (χ4n) is 3.85. The zero-order valence-corrected chi connectivity index (χ0v) is 15.0. The molecule has 1 aromatic heterocycles. The van der Waals surface area contributed by atoms with Crippen molar-refractivity contribution in [3.05, 3.63) is 71.3 Å². The molecule has 2 aliphatic heterocycles. The number of rotatable bonds is 3. The molecule has 1 unspecified atom stereocenters. The summed E-state index contributed by atoms with van der Waals surface area (Å²) in [6, 6.07) is 11.1. The zero-order chi connectivity index (χ0) is 20.1. The van der Waals surface area contributed by atoms with E-state index in [1.807, 2.05) is 6.07 Å². The van der Waals surface area contributed by atoms with Gasteiger partial charge in [-0.2, -0.15) is 0 Å². The van der Waals surface area contributed by atoms with Gasteiger partial charge in [0.1, 0.15) is 11.4 Å². The third kappa shape index (κ3) is 2.80. The number of halogens is 1. The Balaban J connectivity index is 1.72. The lowest BCUT2D eigenvalue weighted by molar-refractivity contribution is -0.116. The van der Waals surface area contributed by atoms with Crippen molar-refractivity contribution in [2.24, 2.45) is 0 Å². The van der Waals surface area contributed by atoms with Crippen LogP contribution in [0.1, 0.15) is 34.0 Å². The quantitative estimate of drug-likeness (QED) is 0.710. The summed E-state index contributed by atoms with van der Waals surface area (Å²) in [6.45, 7) is 0.129. The molecule has 29 heavy (non-hydrogen) atoms. The molecular weight excluding hydrogens is 379 g/mol. The number of nitrogens with one attached hydrogen (secondary N) is 1. The SMILES string of the molecule is O=C1CC(c2ccc3c(c2)OCO3)c2c(c(C(=O)O)cn2-c2ccc(F)cc2)N1. The number of nitrogens with zero attached hydrogens (tertiary/aromatic N) is 1. The van der Waals surface area contributed by atoms with Gasteiger partial charge < -0.3 is 24.5 Å². The van der Waals surface area contributed by atoms with E-state index >= 15 is 0 Å². The van der Waals surface area contributed by atoms with Gasteiger partial charge >= 0.3 is 5.97 Å². The minimum Gasteiger partial charge on any atom is -0.478 e. The monoisotopic (exact) mass is 394 g/mol. The highest BCUT2D eigenvalue weighted by atomic mass is 19.1. The molecule has 0 radical (unpaired) electrons. The second-order valence-corrected chi connectivity index (χ2v) is 6.87. The number of carbonyl (C=O) groups is 2. The standard InChI is InChI=1S/C21H15FN2O5/c22-12-2-4-13(5-3-12)24-9-15(21(26)27)19-20(24)14(8-18(25)23-19)11-1-6-16-17(7-11)29-10-28-16/h1-7,9,14H,8,10H2,(H,23,25)(H,26,27). The average Bonchev–Trinajstić information content (AvgIpc) is 3.32. The molecule has 1 atom stereocenters. The number of carboxylic acids is 1. The Morgan fingerprint density at radius 1 is 1.14 bits per heavy atom. The summed E-state index contributed by atoms with van der Waals surface area (Å²) < 4.78 is 25.9. The first-order chi connectivity index (χ1) is 14.0. The first kappa shape index (κ1) is 17.3. The van der Waals surface area contributed by atoms with Gasteiger partial charge in [0.25, 0.3) is 0 Å². The number of aromatic nitrogens is 1. The number of amides is 1. The molecule has 0 saturated carbocycles. The van der Waals surface area contributed by atoms with Gasteiger partial charge in [-0.05, 0) is 42.0 Å². The fraction of sp³-hybridized carbons (Fsp3) is 0.143. The fourth-order valence-corrected chi connectivity index (χ4v) is 3.85. The molecule has 2 aromatic carbocycles. The minimum absolute atomic E-state index is 0.0249. The van der Waals surface area contributed by atoms with Crippen LogP contribution in [0.5, 0.6) is 11.5 Å². The summed E-state index contributed by atoms with van der Waals surface area (Å²) >= 11 is 0. The summed E-state index contributed by atoms with van der Waals surface area (Å²) in [7, 11) is 0. The summed E-state index contributed by atoms with van der Waals surface area (Å²) in [4.78, 5) is 24.2. The molecule has 0 fully saturated rings. The van der Waals surface area contributed by atoms with E-state index in [-0.39, 0.29) is 30.4 Å². The number of fused-ring (bicyclic) bond motifs is 2. The molecule has 0 bridgehead atoms. The number of anilines is 1. The van der Waals surface area contributed by atoms with Gasteiger partial charge in [-0.1, -0.05) is 6.07 Å². The van der Waals surface area contributed by atoms with Crippen molar-refractivity contribution in [1.82, 2.24) is 4.57 Å². The van der Waals surface area contributed by atoms with Crippen LogP contribution in [0.4, 0.5) is 10.1 Å². The number of hydrogen-bond donors (Lipinski definition) is 2. The molecule has 146 valence electrons. The van der Waals surface area contributed by atoms with Gasteiger partial charge in [-0.3, -0.25) is 4.79 Å². The summed E-state index contributed by atoms with van der Waals surface area (Å²) in [6.07, 6.45) is 1.59. The van der Waals surface area contributed by atoms with Crippen molar-refractivity contribution in [3.63, 3.8) is 0 Å². The number of hydrogen-bond acceptors (Lipinski definition) is 4. The maximum absolute atomic E-state index is 13.4. The molecule has 8 heteroatoms. The number of aromatic carboxylic acids is 1. The lowest BCUT2D eigenvalue weighted by Gasteiger charge is -2.26. The zero-order valence-electron chi connectivity index (χ0n) is 15.0. The second kappa shape index (κ2) is 6.37. The van der Waals surface area contributed by atoms with Crippen LogP contribution >= 0.6 is 0 Å². The third-order valence-corrected chi connectivity index (χ3v) is 5.16. The Kier molecular flexibility index (Phi) is 3.80. The minimum atomic E-state index is -1.16. The molecule has 0 saturated heterocycles. The van der Waals surface area contributed by atoms with Crippen LogP contribution in [-0.4, -0.2) is 28.3 Å². The summed E-state index contributed by atoms with van der Waals surface area (Å²) in [5, 5.41) is 12.3. The third-order valence-electron chi connectivity index (χ3n) is 5.16. The van der Waals surface area contributed by atoms with Gasteiger partial charge in [0.2, 0.25) is 12.7 Å². The van der Waals surface area contributed by atoms with Gasteiger partial charge in [0, 0.05) is 24.2 Å². The van der Waals surface area contributed by atoms with Crippen LogP contribution < -0.4 is 14.8 Å². The predicted molar refractivity (Wildman–Crippen MR) is 100 cm³/mol. The van der Waals surface area contributed by atoms with E-state index in [2.05, 4.69) is 5.32 Å². The highest BCUT2D eigenvalue weighted by Gasteiger charge is 2.35. The Bertz CT molecular complexity index is 1150. The second-order valence-electron chi connectivity index (χ2n) is 6.87. The van der Waals surface area contributed by atoms with E-state index in [9.17, 15) is 19.1 Å². The molecule has 3 heterocycles. The van der Waals surface area contributed by atoms with E-state index < -0.39 is 17.7 Å². The van der Waals surface area contributed by atoms with E-state index in [0.717, 1.165) is 5.56 Å². The van der Waals surface area contributed by atoms with Crippen LogP contribution in [0.15, 0.2) is 48.7 Å². The molecule has 5 rings (SSSR count). The van der Waals surface area contributed by atoms with Gasteiger partial charge in [0.05, 0.1) is 11.4 Å². The molecule has 7 nitrogen and oxygen atoms in total. The molecule has 0 aliphatic carbocycles. The Morgan fingerprint density at radius 2 is 1.90 bits per heavy atom. The van der Waals surface area contributed by atoms with Crippen molar-refractivity contribution < 1.29 is 28.6 Å². The lowest BCUT2D eigenvalue weighted by atomic mass is 9.88. The molecule has 0 spiro atoms. The highest BCUT2D eigenvalue weighted by molar-refractivity contribution is 6.04. The molecule has 2 N–H and O–H groups in total. The van der Waals surface area contributed by atoms with E-state index in [0.29, 0.717) is 22.9 Å². The topological polar surface area (TPSA) is 89.8 Å². The largest absolute Gasteiger partial charge is 0.478 e. The maximum Gasteiger partial charge on any atom is 0.339 e. The van der Waals surface area contributed by atoms with Crippen molar-refractivity contribution in [1.29, 1.82) is 0 Å². The van der Waals surface area contributed by atoms with E-state index in [1.54, 1.807) is 28.8 Å². The molecular formula is C21H15FN2O5. The Labute approximate surface area is 164 Å². The van der Waals surface area contributed by atoms with Crippen LogP contribution in [0.2, 0.25) is 0 Å². The summed E-state index contributed by atoms with van der Waals surface area (Å²) in [5.41, 5.74) is 2.23. The highest BCUT2D eigenvalue weighted by Crippen LogP contribution is 2.44. The normalized spacial score (nSPS) is 17.0. The smallest absolute Gasteiger partial charge is 0.339 e. The van der Waals surface area contributed by atoms with E-state index in [4.69, 9.17) is 9.47 Å². The Morgan fingerprint density at radius 3 is 2.66 bits per heavy atom. The number of carbonyl (C=O) groups excluding carboxylic acids is 1. The first-order valence-electron chi connectivity index (χ1n) is 8.95. The van der Waals surface area contributed by atoms with Crippen molar-refractivity contribution in [2.45, 2.75) is 12.3 Å². The van der Waals surface area contributed by atoms with Crippen molar-refractivity contribution in [2.75, 3.05) is 12.1 Å². The molecule has 3 aromatic rings. The van der Waals surface area contributed by atoms with Gasteiger partial charge in [-0.15, -0.1) is 0 Å². The lowest BCUT2D eigenvalue weighted by Crippen LogP contribution is -2.25. The summed E-state index contributed by atoms with van der Waals surface area (Å²) in [5.74, 6) is -1.05. The number of ether oxygens (including phenoxy) is 2. The maximum atomic E-state index is 13.4. The first-order valence-corrected chi connectivity index (χ1v) is 8.95. The van der Waals surface area contributed by atoms with Crippen molar-refractivity contribution >= 4 is 17.6 Å². The Hall–Kier alpha value is -3.81. The van der Waals surface area contributed by atoms with Gasteiger partial charge in [-0.25, -0.2) is 9.18 Å². The van der Waals surface area contributed by atoms with Crippen LogP contribution in [0.25, 0.3) is 5.69 Å².